The zero-order chi connectivity index (χ0) is 15.4. The summed E-state index contributed by atoms with van der Waals surface area (Å²) in [4.78, 5) is 14.3. The molecule has 1 saturated heterocycles. The van der Waals surface area contributed by atoms with E-state index in [1.807, 2.05) is 11.9 Å². The molecular weight excluding hydrogens is 292 g/mol. The van der Waals surface area contributed by atoms with Crippen molar-refractivity contribution < 1.29 is 4.79 Å². The van der Waals surface area contributed by atoms with E-state index >= 15 is 0 Å². The summed E-state index contributed by atoms with van der Waals surface area (Å²) in [6.45, 7) is 2.89. The SMILES string of the molecule is CNCC1CCN(C(=O)CCCc2csc3ccccc23)C1. The largest absolute Gasteiger partial charge is 0.342 e. The van der Waals surface area contributed by atoms with Crippen LogP contribution in [0.25, 0.3) is 10.1 Å². The van der Waals surface area contributed by atoms with E-state index in [2.05, 4.69) is 35.0 Å². The molecule has 1 amide bonds. The van der Waals surface area contributed by atoms with Crippen molar-refractivity contribution in [2.75, 3.05) is 26.7 Å². The summed E-state index contributed by atoms with van der Waals surface area (Å²) in [6.07, 6.45) is 3.77. The lowest BCUT2D eigenvalue weighted by molar-refractivity contribution is -0.130. The lowest BCUT2D eigenvalue weighted by Crippen LogP contribution is -2.30. The molecule has 1 atom stereocenters. The standard InChI is InChI=1S/C18H24N2OS/c1-19-11-14-9-10-20(12-14)18(21)8-4-5-15-13-22-17-7-3-2-6-16(15)17/h2-3,6-7,13-14,19H,4-5,8-12H2,1H3. The average molecular weight is 316 g/mol. The number of carbonyl (C=O) groups excluding carboxylic acids is 1. The van der Waals surface area contributed by atoms with Gasteiger partial charge in [0.05, 0.1) is 0 Å². The predicted octanol–water partition coefficient (Wildman–Crippen LogP) is 3.29. The lowest BCUT2D eigenvalue weighted by atomic mass is 10.1. The van der Waals surface area contributed by atoms with Gasteiger partial charge in [0.25, 0.3) is 0 Å². The summed E-state index contributed by atoms with van der Waals surface area (Å²) >= 11 is 1.80. The van der Waals surface area contributed by atoms with Gasteiger partial charge in [-0.25, -0.2) is 0 Å². The first-order valence-corrected chi connectivity index (χ1v) is 9.03. The van der Waals surface area contributed by atoms with E-state index in [4.69, 9.17) is 0 Å². The Labute approximate surface area is 136 Å². The van der Waals surface area contributed by atoms with Crippen LogP contribution in [0.1, 0.15) is 24.8 Å². The molecule has 0 saturated carbocycles. The van der Waals surface area contributed by atoms with Crippen molar-refractivity contribution in [2.45, 2.75) is 25.7 Å². The number of likely N-dealkylation sites (tertiary alicyclic amines) is 1. The minimum Gasteiger partial charge on any atom is -0.342 e. The Kier molecular flexibility index (Phi) is 5.11. The normalized spacial score (nSPS) is 18.2. The van der Waals surface area contributed by atoms with Gasteiger partial charge >= 0.3 is 0 Å². The van der Waals surface area contributed by atoms with Crippen LogP contribution in [-0.2, 0) is 11.2 Å². The van der Waals surface area contributed by atoms with E-state index in [-0.39, 0.29) is 0 Å². The predicted molar refractivity (Wildman–Crippen MR) is 93.4 cm³/mol. The molecule has 0 spiro atoms. The summed E-state index contributed by atoms with van der Waals surface area (Å²) in [5, 5.41) is 6.81. The van der Waals surface area contributed by atoms with E-state index in [1.165, 1.54) is 15.6 Å². The van der Waals surface area contributed by atoms with E-state index in [0.717, 1.165) is 38.9 Å². The maximum Gasteiger partial charge on any atom is 0.222 e. The van der Waals surface area contributed by atoms with Crippen LogP contribution < -0.4 is 5.32 Å². The quantitative estimate of drug-likeness (QED) is 0.887. The number of rotatable bonds is 6. The highest BCUT2D eigenvalue weighted by molar-refractivity contribution is 7.17. The highest BCUT2D eigenvalue weighted by Gasteiger charge is 2.25. The molecule has 3 nitrogen and oxygen atoms in total. The number of nitrogens with one attached hydrogen (secondary N) is 1. The van der Waals surface area contributed by atoms with Gasteiger partial charge < -0.3 is 10.2 Å². The van der Waals surface area contributed by atoms with Crippen molar-refractivity contribution in [1.82, 2.24) is 10.2 Å². The Balaban J connectivity index is 1.48. The van der Waals surface area contributed by atoms with E-state index in [1.54, 1.807) is 11.3 Å². The summed E-state index contributed by atoms with van der Waals surface area (Å²) < 4.78 is 1.35. The molecule has 0 radical (unpaired) electrons. The molecule has 1 aliphatic rings. The van der Waals surface area contributed by atoms with Crippen LogP contribution in [0.5, 0.6) is 0 Å². The van der Waals surface area contributed by atoms with Crippen molar-refractivity contribution in [3.63, 3.8) is 0 Å². The van der Waals surface area contributed by atoms with E-state index in [9.17, 15) is 4.79 Å². The first kappa shape index (κ1) is 15.5. The topological polar surface area (TPSA) is 32.3 Å². The first-order valence-electron chi connectivity index (χ1n) is 8.15. The van der Waals surface area contributed by atoms with Crippen molar-refractivity contribution in [3.05, 3.63) is 35.2 Å². The second-order valence-electron chi connectivity index (χ2n) is 6.16. The molecule has 4 heteroatoms. The van der Waals surface area contributed by atoms with Gasteiger partial charge in [-0.05, 0) is 61.2 Å². The summed E-state index contributed by atoms with van der Waals surface area (Å²) in [7, 11) is 1.98. The molecule has 1 aromatic heterocycles. The van der Waals surface area contributed by atoms with Gasteiger partial charge in [0.15, 0.2) is 0 Å². The molecule has 22 heavy (non-hydrogen) atoms. The van der Waals surface area contributed by atoms with Crippen LogP contribution in [0.4, 0.5) is 0 Å². The Morgan fingerprint density at radius 2 is 2.27 bits per heavy atom. The van der Waals surface area contributed by atoms with Gasteiger partial charge in [0.1, 0.15) is 0 Å². The monoisotopic (exact) mass is 316 g/mol. The van der Waals surface area contributed by atoms with Gasteiger partial charge in [-0.1, -0.05) is 18.2 Å². The molecule has 0 aliphatic carbocycles. The summed E-state index contributed by atoms with van der Waals surface area (Å²) in [6, 6.07) is 8.53. The second kappa shape index (κ2) is 7.25. The van der Waals surface area contributed by atoms with Gasteiger partial charge in [-0.2, -0.15) is 0 Å². The minimum atomic E-state index is 0.332. The highest BCUT2D eigenvalue weighted by atomic mass is 32.1. The number of hydrogen-bond donors (Lipinski definition) is 1. The minimum absolute atomic E-state index is 0.332. The maximum absolute atomic E-state index is 12.3. The third-order valence-corrected chi connectivity index (χ3v) is 5.54. The molecule has 1 unspecified atom stereocenters. The number of thiophene rings is 1. The fraction of sp³-hybridized carbons (Fsp3) is 0.500. The van der Waals surface area contributed by atoms with Crippen LogP contribution >= 0.6 is 11.3 Å². The highest BCUT2D eigenvalue weighted by Crippen LogP contribution is 2.27. The lowest BCUT2D eigenvalue weighted by Gasteiger charge is -2.16. The first-order chi connectivity index (χ1) is 10.8. The molecule has 1 N–H and O–H groups in total. The van der Waals surface area contributed by atoms with Gasteiger partial charge in [0, 0.05) is 24.2 Å². The third kappa shape index (κ3) is 3.50. The number of amides is 1. The van der Waals surface area contributed by atoms with Crippen LogP contribution in [0.15, 0.2) is 29.6 Å². The second-order valence-corrected chi connectivity index (χ2v) is 7.07. The Bertz CT molecular complexity index is 637. The van der Waals surface area contributed by atoms with Gasteiger partial charge in [-0.15, -0.1) is 11.3 Å². The summed E-state index contributed by atoms with van der Waals surface area (Å²) in [5.74, 6) is 0.966. The van der Waals surface area contributed by atoms with Crippen molar-refractivity contribution >= 4 is 27.3 Å². The molecule has 0 bridgehead atoms. The number of benzene rings is 1. The number of aryl methyl sites for hydroxylation is 1. The van der Waals surface area contributed by atoms with Crippen molar-refractivity contribution in [3.8, 4) is 0 Å². The average Bonchev–Trinajstić information content (AvgIpc) is 3.15. The number of nitrogens with zero attached hydrogens (tertiary/aromatic N) is 1. The fourth-order valence-corrected chi connectivity index (χ4v) is 4.33. The van der Waals surface area contributed by atoms with E-state index in [0.29, 0.717) is 18.2 Å². The van der Waals surface area contributed by atoms with Crippen molar-refractivity contribution in [2.24, 2.45) is 5.92 Å². The molecule has 1 aliphatic heterocycles. The third-order valence-electron chi connectivity index (χ3n) is 4.53. The maximum atomic E-state index is 12.3. The van der Waals surface area contributed by atoms with Gasteiger partial charge in [-0.3, -0.25) is 4.79 Å². The van der Waals surface area contributed by atoms with Crippen LogP contribution in [0.2, 0.25) is 0 Å². The smallest absolute Gasteiger partial charge is 0.222 e. The molecule has 2 heterocycles. The molecule has 2 aromatic rings. The fourth-order valence-electron chi connectivity index (χ4n) is 3.33. The molecule has 1 aromatic carbocycles. The Morgan fingerprint density at radius 3 is 3.14 bits per heavy atom. The Morgan fingerprint density at radius 1 is 1.41 bits per heavy atom. The van der Waals surface area contributed by atoms with Crippen LogP contribution in [-0.4, -0.2) is 37.5 Å². The molecule has 3 rings (SSSR count). The number of hydrogen-bond acceptors (Lipinski definition) is 3. The van der Waals surface area contributed by atoms with Crippen LogP contribution in [0, 0.1) is 5.92 Å². The zero-order valence-corrected chi connectivity index (χ0v) is 14.0. The van der Waals surface area contributed by atoms with E-state index < -0.39 is 0 Å². The molecule has 118 valence electrons. The van der Waals surface area contributed by atoms with Crippen molar-refractivity contribution in [1.29, 1.82) is 0 Å². The molecular formula is C18H24N2OS. The van der Waals surface area contributed by atoms with Crippen LogP contribution in [0.3, 0.4) is 0 Å². The number of fused-ring (bicyclic) bond motifs is 1. The summed E-state index contributed by atoms with van der Waals surface area (Å²) in [5.41, 5.74) is 1.39. The van der Waals surface area contributed by atoms with Gasteiger partial charge in [0.2, 0.25) is 5.91 Å². The Hall–Kier alpha value is -1.39. The zero-order valence-electron chi connectivity index (χ0n) is 13.2. The number of carbonyl (C=O) groups is 1. The molecule has 1 fully saturated rings.